The highest BCUT2D eigenvalue weighted by Gasteiger charge is 2.70. The van der Waals surface area contributed by atoms with Gasteiger partial charge in [0, 0.05) is 4.47 Å². The van der Waals surface area contributed by atoms with Crippen LogP contribution in [-0.2, 0) is 20.7 Å². The van der Waals surface area contributed by atoms with E-state index in [0.29, 0.717) is 0 Å². The van der Waals surface area contributed by atoms with Crippen LogP contribution in [0.15, 0.2) is 34.8 Å². The molecule has 120 valence electrons. The third kappa shape index (κ3) is 1.85. The van der Waals surface area contributed by atoms with Crippen LogP contribution in [0.3, 0.4) is 0 Å². The third-order valence-electron chi connectivity index (χ3n) is 5.74. The molecule has 0 aromatic heterocycles. The molecular formula is C19H19BrO3. The van der Waals surface area contributed by atoms with Crippen molar-refractivity contribution in [1.29, 1.82) is 0 Å². The first-order chi connectivity index (χ1) is 10.8. The van der Waals surface area contributed by atoms with E-state index in [0.717, 1.165) is 22.0 Å². The second-order valence-corrected chi connectivity index (χ2v) is 8.11. The van der Waals surface area contributed by atoms with Gasteiger partial charge in [-0.2, -0.15) is 0 Å². The van der Waals surface area contributed by atoms with Crippen molar-refractivity contribution in [2.75, 3.05) is 0 Å². The monoisotopic (exact) mass is 374 g/mol. The molecule has 2 fully saturated rings. The van der Waals surface area contributed by atoms with E-state index in [1.54, 1.807) is 0 Å². The number of Topliss-reactive ketones (excluding diaryl/α,β-unsaturated/α-hetero) is 2. The van der Waals surface area contributed by atoms with Crippen LogP contribution in [0.5, 0.6) is 0 Å². The predicted molar refractivity (Wildman–Crippen MR) is 90.3 cm³/mol. The fraction of sp³-hybridized carbons (Fsp3) is 0.474. The molecule has 3 nitrogen and oxygen atoms in total. The van der Waals surface area contributed by atoms with Gasteiger partial charge in [-0.15, -0.1) is 0 Å². The summed E-state index contributed by atoms with van der Waals surface area (Å²) in [6.07, 6.45) is 4.73. The number of rotatable bonds is 2. The lowest BCUT2D eigenvalue weighted by atomic mass is 9.73. The molecule has 0 amide bonds. The second kappa shape index (κ2) is 4.64. The van der Waals surface area contributed by atoms with Crippen molar-refractivity contribution in [1.82, 2.24) is 0 Å². The Labute approximate surface area is 144 Å². The van der Waals surface area contributed by atoms with Crippen molar-refractivity contribution in [3.05, 3.63) is 46.0 Å². The maximum Gasteiger partial charge on any atom is 0.154 e. The van der Waals surface area contributed by atoms with Crippen LogP contribution < -0.4 is 0 Å². The van der Waals surface area contributed by atoms with Crippen LogP contribution in [0.1, 0.15) is 37.8 Å². The number of hydrogen-bond donors (Lipinski definition) is 0. The standard InChI is InChI=1S/C19H19BrO3/c1-4-10-5-6-11(20)9-12(10)13-16(21)14-15(17(13)22)19(3)8-7-18(14,2)23-19/h5-9,13-15H,4H2,1-3H3/t13?,14-,15+,18-,19+. The van der Waals surface area contributed by atoms with Crippen molar-refractivity contribution < 1.29 is 14.3 Å². The molecule has 2 heterocycles. The van der Waals surface area contributed by atoms with Crippen LogP contribution in [0, 0.1) is 11.8 Å². The van der Waals surface area contributed by atoms with Crippen molar-refractivity contribution in [3.8, 4) is 0 Å². The minimum absolute atomic E-state index is 0.0170. The van der Waals surface area contributed by atoms with Crippen LogP contribution in [-0.4, -0.2) is 22.8 Å². The van der Waals surface area contributed by atoms with E-state index in [9.17, 15) is 9.59 Å². The molecule has 23 heavy (non-hydrogen) atoms. The van der Waals surface area contributed by atoms with E-state index < -0.39 is 17.1 Å². The van der Waals surface area contributed by atoms with Gasteiger partial charge in [0.15, 0.2) is 11.6 Å². The summed E-state index contributed by atoms with van der Waals surface area (Å²) in [4.78, 5) is 26.3. The highest BCUT2D eigenvalue weighted by molar-refractivity contribution is 9.10. The Bertz CT molecular complexity index is 732. The number of aryl methyl sites for hydroxylation is 1. The van der Waals surface area contributed by atoms with Gasteiger partial charge in [0.2, 0.25) is 0 Å². The minimum atomic E-state index is -0.653. The molecule has 0 spiro atoms. The fourth-order valence-corrected chi connectivity index (χ4v) is 5.10. The van der Waals surface area contributed by atoms with E-state index >= 15 is 0 Å². The van der Waals surface area contributed by atoms with Crippen LogP contribution in [0.25, 0.3) is 0 Å². The topological polar surface area (TPSA) is 43.4 Å². The van der Waals surface area contributed by atoms with Crippen LogP contribution in [0.4, 0.5) is 0 Å². The highest BCUT2D eigenvalue weighted by Crippen LogP contribution is 2.59. The molecule has 1 saturated heterocycles. The van der Waals surface area contributed by atoms with Crippen molar-refractivity contribution in [2.45, 2.75) is 44.3 Å². The summed E-state index contributed by atoms with van der Waals surface area (Å²) in [5.74, 6) is -1.34. The lowest BCUT2D eigenvalue weighted by Crippen LogP contribution is -2.36. The molecule has 1 aromatic rings. The zero-order valence-electron chi connectivity index (χ0n) is 13.4. The highest BCUT2D eigenvalue weighted by atomic mass is 79.9. The Morgan fingerprint density at radius 2 is 1.65 bits per heavy atom. The van der Waals surface area contributed by atoms with Crippen molar-refractivity contribution >= 4 is 27.5 Å². The molecule has 2 bridgehead atoms. The number of fused-ring (bicyclic) bond motifs is 5. The molecule has 4 heteroatoms. The summed E-state index contributed by atoms with van der Waals surface area (Å²) >= 11 is 3.47. The molecule has 3 aliphatic rings. The van der Waals surface area contributed by atoms with Gasteiger partial charge in [0.1, 0.15) is 5.92 Å². The first-order valence-electron chi connectivity index (χ1n) is 8.07. The van der Waals surface area contributed by atoms with Gasteiger partial charge in [0.05, 0.1) is 23.0 Å². The molecule has 5 atom stereocenters. The van der Waals surface area contributed by atoms with Gasteiger partial charge in [0.25, 0.3) is 0 Å². The smallest absolute Gasteiger partial charge is 0.154 e. The van der Waals surface area contributed by atoms with E-state index in [1.807, 2.05) is 44.2 Å². The molecule has 0 radical (unpaired) electrons. The van der Waals surface area contributed by atoms with Gasteiger partial charge in [-0.1, -0.05) is 41.1 Å². The molecule has 4 rings (SSSR count). The Kier molecular flexibility index (Phi) is 3.08. The van der Waals surface area contributed by atoms with E-state index in [4.69, 9.17) is 4.74 Å². The summed E-state index contributed by atoms with van der Waals surface area (Å²) in [5.41, 5.74) is 0.646. The fourth-order valence-electron chi connectivity index (χ4n) is 4.72. The summed E-state index contributed by atoms with van der Waals surface area (Å²) in [6, 6.07) is 5.89. The number of benzene rings is 1. The lowest BCUT2D eigenvalue weighted by molar-refractivity contribution is -0.131. The molecule has 0 N–H and O–H groups in total. The lowest BCUT2D eigenvalue weighted by Gasteiger charge is -2.24. The van der Waals surface area contributed by atoms with Gasteiger partial charge in [-0.25, -0.2) is 0 Å². The number of halogens is 1. The van der Waals surface area contributed by atoms with Gasteiger partial charge in [-0.3, -0.25) is 9.59 Å². The van der Waals surface area contributed by atoms with Crippen molar-refractivity contribution in [2.24, 2.45) is 11.8 Å². The molecule has 1 unspecified atom stereocenters. The average molecular weight is 375 g/mol. The molecule has 1 aliphatic carbocycles. The molecular weight excluding hydrogens is 356 g/mol. The Morgan fingerprint density at radius 3 is 2.17 bits per heavy atom. The Morgan fingerprint density at radius 1 is 1.09 bits per heavy atom. The Balaban J connectivity index is 1.84. The van der Waals surface area contributed by atoms with E-state index in [1.165, 1.54) is 0 Å². The quantitative estimate of drug-likeness (QED) is 0.586. The Hall–Kier alpha value is -1.26. The SMILES string of the molecule is CCc1ccc(Br)cc1C1C(=O)[C@@H]2[C@H](C1=O)[C@@]1(C)C=C[C@]2(C)O1. The third-order valence-corrected chi connectivity index (χ3v) is 6.23. The number of ketones is 2. The first-order valence-corrected chi connectivity index (χ1v) is 8.86. The number of ether oxygens (including phenoxy) is 1. The van der Waals surface area contributed by atoms with Crippen LogP contribution >= 0.6 is 15.9 Å². The summed E-state index contributed by atoms with van der Waals surface area (Å²) < 4.78 is 6.96. The van der Waals surface area contributed by atoms with Crippen molar-refractivity contribution in [3.63, 3.8) is 0 Å². The van der Waals surface area contributed by atoms with E-state index in [2.05, 4.69) is 22.9 Å². The number of carbonyl (C=O) groups is 2. The largest absolute Gasteiger partial charge is 0.359 e. The zero-order valence-corrected chi connectivity index (χ0v) is 15.0. The maximum absolute atomic E-state index is 13.2. The number of hydrogen-bond acceptors (Lipinski definition) is 3. The normalized spacial score (nSPS) is 41.0. The summed E-state index contributed by atoms with van der Waals surface area (Å²) in [5, 5.41) is 0. The minimum Gasteiger partial charge on any atom is -0.359 e. The first kappa shape index (κ1) is 15.3. The molecule has 1 aromatic carbocycles. The second-order valence-electron chi connectivity index (χ2n) is 7.19. The van der Waals surface area contributed by atoms with Gasteiger partial charge >= 0.3 is 0 Å². The predicted octanol–water partition coefficient (Wildman–Crippen LogP) is 3.60. The average Bonchev–Trinajstić information content (AvgIpc) is 3.04. The zero-order chi connectivity index (χ0) is 16.6. The summed E-state index contributed by atoms with van der Waals surface area (Å²) in [6.45, 7) is 5.90. The van der Waals surface area contributed by atoms with Gasteiger partial charge < -0.3 is 4.74 Å². The molecule has 2 aliphatic heterocycles. The van der Waals surface area contributed by atoms with Crippen LogP contribution in [0.2, 0.25) is 0 Å². The maximum atomic E-state index is 13.2. The number of carbonyl (C=O) groups excluding carboxylic acids is 2. The summed E-state index contributed by atoms with van der Waals surface area (Å²) in [7, 11) is 0. The molecule has 1 saturated carbocycles. The van der Waals surface area contributed by atoms with Gasteiger partial charge in [-0.05, 0) is 43.5 Å². The van der Waals surface area contributed by atoms with E-state index in [-0.39, 0.29) is 23.4 Å².